The molecule has 0 aromatic carbocycles. The number of morpholine rings is 1. The molecule has 0 saturated carbocycles. The Morgan fingerprint density at radius 3 is 2.93 bits per heavy atom. The highest BCUT2D eigenvalue weighted by atomic mass is 16.5. The Morgan fingerprint density at radius 1 is 1.64 bits per heavy atom. The molecule has 1 atom stereocenters. The molecule has 1 aliphatic heterocycles. The minimum Gasteiger partial charge on any atom is -0.385 e. The van der Waals surface area contributed by atoms with E-state index in [-0.39, 0.29) is 11.9 Å². The molecule has 4 nitrogen and oxygen atoms in total. The molecule has 1 rings (SSSR count). The van der Waals surface area contributed by atoms with Crippen molar-refractivity contribution in [2.45, 2.75) is 26.4 Å². The van der Waals surface area contributed by atoms with E-state index in [1.54, 1.807) is 0 Å². The highest BCUT2D eigenvalue weighted by molar-refractivity contribution is 5.82. The molecule has 0 bridgehead atoms. The third-order valence-corrected chi connectivity index (χ3v) is 2.52. The zero-order chi connectivity index (χ0) is 10.6. The largest absolute Gasteiger partial charge is 0.385 e. The molecule has 1 aliphatic rings. The third-order valence-electron chi connectivity index (χ3n) is 2.52. The lowest BCUT2D eigenvalue weighted by Crippen LogP contribution is -2.48. The van der Waals surface area contributed by atoms with Crippen LogP contribution in [0.4, 0.5) is 0 Å². The predicted octanol–water partition coefficient (Wildman–Crippen LogP) is 0.669. The maximum atomic E-state index is 7.32. The van der Waals surface area contributed by atoms with Gasteiger partial charge < -0.3 is 10.5 Å². The molecule has 1 fully saturated rings. The van der Waals surface area contributed by atoms with Gasteiger partial charge in [-0.05, 0) is 18.9 Å². The van der Waals surface area contributed by atoms with Gasteiger partial charge in [-0.2, -0.15) is 0 Å². The van der Waals surface area contributed by atoms with Crippen LogP contribution in [0.3, 0.4) is 0 Å². The van der Waals surface area contributed by atoms with Gasteiger partial charge in [0, 0.05) is 13.1 Å². The molecule has 0 radical (unpaired) electrons. The molecule has 0 aliphatic carbocycles. The van der Waals surface area contributed by atoms with Crippen LogP contribution in [-0.4, -0.2) is 43.1 Å². The van der Waals surface area contributed by atoms with Gasteiger partial charge in [-0.25, -0.2) is 0 Å². The molecule has 1 unspecified atom stereocenters. The first-order chi connectivity index (χ1) is 6.59. The van der Waals surface area contributed by atoms with Crippen molar-refractivity contribution in [1.29, 1.82) is 5.41 Å². The van der Waals surface area contributed by atoms with E-state index in [9.17, 15) is 0 Å². The summed E-state index contributed by atoms with van der Waals surface area (Å²) in [6.07, 6.45) is 1.01. The van der Waals surface area contributed by atoms with Crippen LogP contribution < -0.4 is 5.73 Å². The van der Waals surface area contributed by atoms with Gasteiger partial charge in [0.2, 0.25) is 0 Å². The van der Waals surface area contributed by atoms with Crippen molar-refractivity contribution in [3.05, 3.63) is 0 Å². The summed E-state index contributed by atoms with van der Waals surface area (Å²) in [4.78, 5) is 2.33. The zero-order valence-corrected chi connectivity index (χ0v) is 9.12. The van der Waals surface area contributed by atoms with E-state index >= 15 is 0 Å². The van der Waals surface area contributed by atoms with Crippen LogP contribution in [0.1, 0.15) is 20.3 Å². The minimum atomic E-state index is -0.184. The number of amidine groups is 1. The fraction of sp³-hybridized carbons (Fsp3) is 0.900. The molecular weight excluding hydrogens is 178 g/mol. The summed E-state index contributed by atoms with van der Waals surface area (Å²) in [6, 6.07) is 0. The highest BCUT2D eigenvalue weighted by Gasteiger charge is 2.22. The summed E-state index contributed by atoms with van der Waals surface area (Å²) in [7, 11) is 0. The summed E-state index contributed by atoms with van der Waals surface area (Å²) in [5.41, 5.74) is 5.42. The molecule has 0 aromatic rings. The number of nitrogens with one attached hydrogen (secondary N) is 1. The molecule has 1 heterocycles. The number of hydrogen-bond acceptors (Lipinski definition) is 3. The van der Waals surface area contributed by atoms with Crippen molar-refractivity contribution >= 4 is 5.84 Å². The fourth-order valence-corrected chi connectivity index (χ4v) is 1.53. The number of rotatable bonds is 4. The number of ether oxygens (including phenoxy) is 1. The molecule has 3 N–H and O–H groups in total. The molecule has 0 amide bonds. The maximum Gasteiger partial charge on any atom is 0.127 e. The Kier molecular flexibility index (Phi) is 4.35. The lowest BCUT2D eigenvalue weighted by Gasteiger charge is -2.32. The molecule has 0 aromatic heterocycles. The first-order valence-electron chi connectivity index (χ1n) is 5.27. The minimum absolute atomic E-state index is 0.152. The van der Waals surface area contributed by atoms with Crippen LogP contribution >= 0.6 is 0 Å². The van der Waals surface area contributed by atoms with Crippen molar-refractivity contribution < 1.29 is 4.74 Å². The van der Waals surface area contributed by atoms with Crippen molar-refractivity contribution in [1.82, 2.24) is 4.90 Å². The van der Waals surface area contributed by atoms with E-state index in [0.29, 0.717) is 6.61 Å². The second kappa shape index (κ2) is 5.32. The van der Waals surface area contributed by atoms with E-state index in [0.717, 1.165) is 25.6 Å². The van der Waals surface area contributed by atoms with Gasteiger partial charge in [-0.15, -0.1) is 0 Å². The van der Waals surface area contributed by atoms with Crippen LogP contribution in [0.2, 0.25) is 0 Å². The first-order valence-corrected chi connectivity index (χ1v) is 5.27. The zero-order valence-electron chi connectivity index (χ0n) is 9.12. The Hall–Kier alpha value is -0.610. The van der Waals surface area contributed by atoms with Crippen LogP contribution in [0.25, 0.3) is 0 Å². The summed E-state index contributed by atoms with van der Waals surface area (Å²) in [5.74, 6) is 0.882. The Labute approximate surface area is 85.9 Å². The van der Waals surface area contributed by atoms with Crippen molar-refractivity contribution in [2.24, 2.45) is 11.7 Å². The molecule has 82 valence electrons. The van der Waals surface area contributed by atoms with Crippen molar-refractivity contribution in [3.8, 4) is 0 Å². The summed E-state index contributed by atoms with van der Waals surface area (Å²) < 4.78 is 5.39. The first kappa shape index (κ1) is 11.5. The van der Waals surface area contributed by atoms with E-state index in [2.05, 4.69) is 18.7 Å². The molecule has 0 spiro atoms. The van der Waals surface area contributed by atoms with Crippen molar-refractivity contribution in [3.63, 3.8) is 0 Å². The van der Waals surface area contributed by atoms with Gasteiger partial charge in [-0.3, -0.25) is 10.3 Å². The van der Waals surface area contributed by atoms with Crippen LogP contribution in [0, 0.1) is 11.3 Å². The molecule has 4 heteroatoms. The van der Waals surface area contributed by atoms with Crippen LogP contribution in [-0.2, 0) is 4.74 Å². The molecular formula is C10H21N3O. The lowest BCUT2D eigenvalue weighted by atomic mass is 10.1. The Morgan fingerprint density at radius 2 is 2.36 bits per heavy atom. The van der Waals surface area contributed by atoms with Crippen LogP contribution in [0.5, 0.6) is 0 Å². The van der Waals surface area contributed by atoms with Gasteiger partial charge in [-0.1, -0.05) is 13.8 Å². The smallest absolute Gasteiger partial charge is 0.127 e. The van der Waals surface area contributed by atoms with Gasteiger partial charge in [0.25, 0.3) is 0 Å². The maximum absolute atomic E-state index is 7.32. The number of nitrogens with two attached hydrogens (primary N) is 1. The second-order valence-electron chi connectivity index (χ2n) is 4.30. The second-order valence-corrected chi connectivity index (χ2v) is 4.30. The standard InChI is InChI=1S/C10H21N3O/c1-8(2)3-4-13-5-6-14-9(7-13)10(11)12/h8-9H,3-7H2,1-2H3,(H3,11,12). The van der Waals surface area contributed by atoms with Crippen LogP contribution in [0.15, 0.2) is 0 Å². The molecule has 1 saturated heterocycles. The normalized spacial score (nSPS) is 24.1. The van der Waals surface area contributed by atoms with E-state index in [4.69, 9.17) is 15.9 Å². The van der Waals surface area contributed by atoms with Crippen molar-refractivity contribution in [2.75, 3.05) is 26.2 Å². The van der Waals surface area contributed by atoms with E-state index in [1.165, 1.54) is 6.42 Å². The van der Waals surface area contributed by atoms with Gasteiger partial charge in [0.1, 0.15) is 11.9 Å². The number of nitrogens with zero attached hydrogens (tertiary/aromatic N) is 1. The SMILES string of the molecule is CC(C)CCN1CCOC(C(=N)N)C1. The van der Waals surface area contributed by atoms with E-state index < -0.39 is 0 Å². The highest BCUT2D eigenvalue weighted by Crippen LogP contribution is 2.08. The average Bonchev–Trinajstić information content (AvgIpc) is 2.15. The van der Waals surface area contributed by atoms with Gasteiger partial charge >= 0.3 is 0 Å². The Bertz CT molecular complexity index is 194. The summed E-state index contributed by atoms with van der Waals surface area (Å²) in [6.45, 7) is 7.98. The summed E-state index contributed by atoms with van der Waals surface area (Å²) >= 11 is 0. The average molecular weight is 199 g/mol. The quantitative estimate of drug-likeness (QED) is 0.516. The summed E-state index contributed by atoms with van der Waals surface area (Å²) in [5, 5.41) is 7.32. The lowest BCUT2D eigenvalue weighted by molar-refractivity contribution is 0.00422. The fourth-order valence-electron chi connectivity index (χ4n) is 1.53. The third kappa shape index (κ3) is 3.64. The van der Waals surface area contributed by atoms with Gasteiger partial charge in [0.05, 0.1) is 6.61 Å². The number of hydrogen-bond donors (Lipinski definition) is 2. The predicted molar refractivity (Wildman–Crippen MR) is 57.5 cm³/mol. The topological polar surface area (TPSA) is 62.3 Å². The van der Waals surface area contributed by atoms with E-state index in [1.807, 2.05) is 0 Å². The monoisotopic (exact) mass is 199 g/mol. The molecule has 14 heavy (non-hydrogen) atoms. The Balaban J connectivity index is 2.29. The van der Waals surface area contributed by atoms with Gasteiger partial charge in [0.15, 0.2) is 0 Å².